The van der Waals surface area contributed by atoms with Crippen molar-refractivity contribution in [1.82, 2.24) is 0 Å². The molecule has 0 spiro atoms. The lowest BCUT2D eigenvalue weighted by molar-refractivity contribution is -0.133. The number of rotatable bonds is 8. The van der Waals surface area contributed by atoms with E-state index < -0.39 is 5.92 Å². The van der Waals surface area contributed by atoms with Gasteiger partial charge < -0.3 is 0 Å². The highest BCUT2D eigenvalue weighted by Gasteiger charge is 2.38. The van der Waals surface area contributed by atoms with Crippen molar-refractivity contribution in [3.63, 3.8) is 0 Å². The van der Waals surface area contributed by atoms with Crippen LogP contribution in [0.3, 0.4) is 0 Å². The molecule has 0 aliphatic heterocycles. The molecule has 2 nitrogen and oxygen atoms in total. The van der Waals surface area contributed by atoms with Crippen molar-refractivity contribution in [1.29, 1.82) is 0 Å². The first-order valence-corrected chi connectivity index (χ1v) is 11.2. The molecule has 0 heterocycles. The zero-order valence-corrected chi connectivity index (χ0v) is 17.9. The van der Waals surface area contributed by atoms with Crippen LogP contribution in [0.1, 0.15) is 81.5 Å². The van der Waals surface area contributed by atoms with Crippen molar-refractivity contribution < 1.29 is 9.59 Å². The Bertz CT molecular complexity index is 607. The molecule has 0 amide bonds. The molecule has 0 N–H and O–H groups in total. The molecule has 1 fully saturated rings. The Morgan fingerprint density at radius 3 is 2.04 bits per heavy atom. The summed E-state index contributed by atoms with van der Waals surface area (Å²) < 4.78 is 0. The van der Waals surface area contributed by atoms with Gasteiger partial charge in [-0.2, -0.15) is 11.8 Å². The Labute approximate surface area is 163 Å². The van der Waals surface area contributed by atoms with Crippen molar-refractivity contribution in [2.45, 2.75) is 84.3 Å². The second kappa shape index (κ2) is 9.73. The Balaban J connectivity index is 2.21. The number of hydrogen-bond acceptors (Lipinski definition) is 3. The largest absolute Gasteiger partial charge is 0.299 e. The Morgan fingerprint density at radius 1 is 1.04 bits per heavy atom. The van der Waals surface area contributed by atoms with Gasteiger partial charge in [-0.1, -0.05) is 45.4 Å². The summed E-state index contributed by atoms with van der Waals surface area (Å²) >= 11 is 1.96. The van der Waals surface area contributed by atoms with Crippen LogP contribution in [0, 0.1) is 12.8 Å². The topological polar surface area (TPSA) is 34.1 Å². The van der Waals surface area contributed by atoms with Crippen molar-refractivity contribution >= 4 is 23.3 Å². The molecule has 0 bridgehead atoms. The van der Waals surface area contributed by atoms with Gasteiger partial charge in [0.15, 0.2) is 0 Å². The fourth-order valence-corrected chi connectivity index (χ4v) is 5.36. The molecule has 1 unspecified atom stereocenters. The van der Waals surface area contributed by atoms with E-state index in [1.54, 1.807) is 0 Å². The third-order valence-electron chi connectivity index (χ3n) is 5.44. The van der Waals surface area contributed by atoms with Crippen LogP contribution in [0.4, 0.5) is 0 Å². The molecule has 1 atom stereocenters. The van der Waals surface area contributed by atoms with Crippen molar-refractivity contribution in [3.8, 4) is 0 Å². The molecule has 1 saturated carbocycles. The minimum atomic E-state index is -0.518. The van der Waals surface area contributed by atoms with Crippen LogP contribution in [0.25, 0.3) is 0 Å². The highest BCUT2D eigenvalue weighted by atomic mass is 32.2. The average molecular weight is 375 g/mol. The van der Waals surface area contributed by atoms with Gasteiger partial charge in [-0.15, -0.1) is 0 Å². The summed E-state index contributed by atoms with van der Waals surface area (Å²) in [4.78, 5) is 26.0. The van der Waals surface area contributed by atoms with Gasteiger partial charge in [-0.05, 0) is 61.0 Å². The van der Waals surface area contributed by atoms with E-state index in [1.807, 2.05) is 11.8 Å². The molecule has 1 aliphatic rings. The number of carbonyl (C=O) groups excluding carboxylic acids is 2. The molecule has 1 aromatic rings. The zero-order valence-electron chi connectivity index (χ0n) is 17.1. The molecule has 1 aromatic carbocycles. The molecular formula is C23H34O2S. The van der Waals surface area contributed by atoms with Crippen LogP contribution in [0.5, 0.6) is 0 Å². The number of ketones is 2. The number of hydrogen-bond donors (Lipinski definition) is 0. The van der Waals surface area contributed by atoms with Gasteiger partial charge in [0.05, 0.1) is 0 Å². The third-order valence-corrected chi connectivity index (χ3v) is 6.85. The quantitative estimate of drug-likeness (QED) is 0.550. The molecule has 26 heavy (non-hydrogen) atoms. The van der Waals surface area contributed by atoms with Crippen molar-refractivity contribution in [2.24, 2.45) is 5.92 Å². The number of carbonyl (C=O) groups is 2. The van der Waals surface area contributed by atoms with Crippen molar-refractivity contribution in [3.05, 3.63) is 34.4 Å². The number of benzene rings is 1. The summed E-state index contributed by atoms with van der Waals surface area (Å²) in [7, 11) is 0. The maximum atomic E-state index is 13.0. The lowest BCUT2D eigenvalue weighted by Gasteiger charge is -2.30. The number of Topliss-reactive ketones (excluding diaryl/α,β-unsaturated/α-hetero) is 2. The highest BCUT2D eigenvalue weighted by molar-refractivity contribution is 7.99. The van der Waals surface area contributed by atoms with Gasteiger partial charge in [0, 0.05) is 18.1 Å². The smallest absolute Gasteiger partial charge is 0.148 e. The summed E-state index contributed by atoms with van der Waals surface area (Å²) in [6.45, 7) is 10.7. The van der Waals surface area contributed by atoms with Crippen LogP contribution >= 0.6 is 11.8 Å². The van der Waals surface area contributed by atoms with Crippen molar-refractivity contribution in [2.75, 3.05) is 5.75 Å². The lowest BCUT2D eigenvalue weighted by atomic mass is 9.72. The van der Waals surface area contributed by atoms with Crippen LogP contribution in [-0.2, 0) is 22.4 Å². The van der Waals surface area contributed by atoms with Crippen LogP contribution in [0.15, 0.2) is 12.1 Å². The SMILES string of the molecule is CCCSC(C)CC1CC(=O)C(c2c(CC)cc(C)cc2CC)C(=O)C1. The minimum absolute atomic E-state index is 0.146. The predicted molar refractivity (Wildman–Crippen MR) is 112 cm³/mol. The lowest BCUT2D eigenvalue weighted by Crippen LogP contribution is -2.34. The molecule has 3 heteroatoms. The monoisotopic (exact) mass is 374 g/mol. The Morgan fingerprint density at radius 2 is 1.58 bits per heavy atom. The van der Waals surface area contributed by atoms with E-state index in [1.165, 1.54) is 23.1 Å². The molecule has 0 saturated heterocycles. The summed E-state index contributed by atoms with van der Waals surface area (Å²) in [5.74, 6) is 1.16. The fraction of sp³-hybridized carbons (Fsp3) is 0.652. The van der Waals surface area contributed by atoms with E-state index in [0.717, 1.165) is 30.6 Å². The summed E-state index contributed by atoms with van der Waals surface area (Å²) in [6.07, 6.45) is 5.02. The molecule has 144 valence electrons. The highest BCUT2D eigenvalue weighted by Crippen LogP contribution is 2.37. The van der Waals surface area contributed by atoms with Crippen LogP contribution < -0.4 is 0 Å². The predicted octanol–water partition coefficient (Wildman–Crippen LogP) is 5.67. The van der Waals surface area contributed by atoms with Gasteiger partial charge in [0.2, 0.25) is 0 Å². The second-order valence-corrected chi connectivity index (χ2v) is 9.31. The van der Waals surface area contributed by atoms with Gasteiger partial charge in [-0.3, -0.25) is 9.59 Å². The number of thioether (sulfide) groups is 1. The zero-order chi connectivity index (χ0) is 19.3. The summed E-state index contributed by atoms with van der Waals surface area (Å²) in [5, 5.41) is 0.522. The van der Waals surface area contributed by atoms with E-state index >= 15 is 0 Å². The molecule has 0 aromatic heterocycles. The van der Waals surface area contributed by atoms with E-state index in [2.05, 4.69) is 46.8 Å². The minimum Gasteiger partial charge on any atom is -0.299 e. The van der Waals surface area contributed by atoms with Crippen LogP contribution in [0.2, 0.25) is 0 Å². The van der Waals surface area contributed by atoms with E-state index in [9.17, 15) is 9.59 Å². The third kappa shape index (κ3) is 5.00. The summed E-state index contributed by atoms with van der Waals surface area (Å²) in [6, 6.07) is 4.31. The maximum Gasteiger partial charge on any atom is 0.148 e. The summed E-state index contributed by atoms with van der Waals surface area (Å²) in [5.41, 5.74) is 4.61. The molecule has 2 rings (SSSR count). The molecular weight excluding hydrogens is 340 g/mol. The van der Waals surface area contributed by atoms with Crippen LogP contribution in [-0.4, -0.2) is 22.6 Å². The molecule has 0 radical (unpaired) electrons. The van der Waals surface area contributed by atoms with Gasteiger partial charge in [0.25, 0.3) is 0 Å². The standard InChI is InChI=1S/C23H34O2S/c1-6-9-26-16(5)12-17-13-20(24)23(21(25)14-17)22-18(7-2)10-15(4)11-19(22)8-3/h10-11,16-17,23H,6-9,12-14H2,1-5H3. The van der Waals surface area contributed by atoms with E-state index in [4.69, 9.17) is 0 Å². The van der Waals surface area contributed by atoms with Gasteiger partial charge >= 0.3 is 0 Å². The normalized spacial score (nSPS) is 21.9. The number of aryl methyl sites for hydroxylation is 3. The Hall–Kier alpha value is -1.09. The Kier molecular flexibility index (Phi) is 7.94. The maximum absolute atomic E-state index is 13.0. The second-order valence-electron chi connectivity index (χ2n) is 7.76. The first-order chi connectivity index (χ1) is 12.4. The first-order valence-electron chi connectivity index (χ1n) is 10.2. The van der Waals surface area contributed by atoms with E-state index in [0.29, 0.717) is 18.1 Å². The molecule has 1 aliphatic carbocycles. The van der Waals surface area contributed by atoms with E-state index in [-0.39, 0.29) is 17.5 Å². The van der Waals surface area contributed by atoms with Gasteiger partial charge in [0.1, 0.15) is 17.5 Å². The fourth-order valence-electron chi connectivity index (χ4n) is 4.31. The van der Waals surface area contributed by atoms with Gasteiger partial charge in [-0.25, -0.2) is 0 Å². The first kappa shape index (κ1) is 21.2. The average Bonchev–Trinajstić information content (AvgIpc) is 2.59.